The zero-order valence-electron chi connectivity index (χ0n) is 14.5. The fourth-order valence-corrected chi connectivity index (χ4v) is 3.81. The van der Waals surface area contributed by atoms with Crippen molar-refractivity contribution in [1.29, 1.82) is 0 Å². The van der Waals surface area contributed by atoms with E-state index < -0.39 is 0 Å². The number of halogens is 4. The van der Waals surface area contributed by atoms with Gasteiger partial charge in [0.15, 0.2) is 0 Å². The largest absolute Gasteiger partial charge is 0.324 e. The summed E-state index contributed by atoms with van der Waals surface area (Å²) in [4.78, 5) is 16.7. The Balaban J connectivity index is 1.47. The van der Waals surface area contributed by atoms with Crippen LogP contribution in [0.5, 0.6) is 0 Å². The summed E-state index contributed by atoms with van der Waals surface area (Å²) in [6.45, 7) is 4.44. The molecule has 27 heavy (non-hydrogen) atoms. The fourth-order valence-electron chi connectivity index (χ4n) is 2.99. The third-order valence-electron chi connectivity index (χ3n) is 4.47. The summed E-state index contributed by atoms with van der Waals surface area (Å²) >= 11 is 24.3. The van der Waals surface area contributed by atoms with Gasteiger partial charge in [0.25, 0.3) is 0 Å². The lowest BCUT2D eigenvalue weighted by atomic mass is 10.2. The van der Waals surface area contributed by atoms with Crippen LogP contribution in [0.3, 0.4) is 0 Å². The van der Waals surface area contributed by atoms with E-state index in [1.807, 2.05) is 12.1 Å². The number of amides is 1. The second-order valence-electron chi connectivity index (χ2n) is 6.44. The monoisotopic (exact) mass is 445 g/mol. The van der Waals surface area contributed by atoms with Crippen LogP contribution in [0.1, 0.15) is 5.56 Å². The Bertz CT molecular complexity index is 823. The molecule has 2 aromatic carbocycles. The molecular formula is C19H19Cl4N3O. The topological polar surface area (TPSA) is 35.6 Å². The number of nitrogens with one attached hydrogen (secondary N) is 1. The van der Waals surface area contributed by atoms with E-state index in [9.17, 15) is 4.79 Å². The molecule has 0 bridgehead atoms. The van der Waals surface area contributed by atoms with Crippen molar-refractivity contribution in [1.82, 2.24) is 9.80 Å². The van der Waals surface area contributed by atoms with Crippen molar-refractivity contribution in [2.75, 3.05) is 38.0 Å². The predicted molar refractivity (Wildman–Crippen MR) is 113 cm³/mol. The minimum Gasteiger partial charge on any atom is -0.324 e. The van der Waals surface area contributed by atoms with Crippen molar-refractivity contribution in [2.45, 2.75) is 6.54 Å². The molecule has 1 aliphatic heterocycles. The molecule has 4 nitrogen and oxygen atoms in total. The molecule has 1 amide bonds. The Morgan fingerprint density at radius 2 is 1.63 bits per heavy atom. The fraction of sp³-hybridized carbons (Fsp3) is 0.316. The number of piperazine rings is 1. The molecule has 0 aliphatic carbocycles. The maximum absolute atomic E-state index is 12.3. The first-order valence-electron chi connectivity index (χ1n) is 8.55. The smallest absolute Gasteiger partial charge is 0.238 e. The summed E-state index contributed by atoms with van der Waals surface area (Å²) < 4.78 is 0. The molecule has 0 aromatic heterocycles. The van der Waals surface area contributed by atoms with Gasteiger partial charge in [-0.1, -0.05) is 58.5 Å². The first-order valence-corrected chi connectivity index (χ1v) is 10.1. The zero-order valence-corrected chi connectivity index (χ0v) is 17.5. The Labute approximate surface area is 178 Å². The molecule has 0 saturated carbocycles. The van der Waals surface area contributed by atoms with Gasteiger partial charge in [-0.25, -0.2) is 0 Å². The highest BCUT2D eigenvalue weighted by Gasteiger charge is 2.20. The lowest BCUT2D eigenvalue weighted by Gasteiger charge is -2.34. The highest BCUT2D eigenvalue weighted by atomic mass is 35.5. The van der Waals surface area contributed by atoms with Gasteiger partial charge in [-0.05, 0) is 29.8 Å². The van der Waals surface area contributed by atoms with E-state index in [2.05, 4.69) is 15.1 Å². The summed E-state index contributed by atoms with van der Waals surface area (Å²) in [6.07, 6.45) is 0. The second-order valence-corrected chi connectivity index (χ2v) is 8.07. The van der Waals surface area contributed by atoms with E-state index in [0.29, 0.717) is 32.3 Å². The molecule has 0 radical (unpaired) electrons. The molecule has 0 atom stereocenters. The number of nitrogens with zero attached hydrogens (tertiary/aromatic N) is 2. The minimum absolute atomic E-state index is 0.103. The summed E-state index contributed by atoms with van der Waals surface area (Å²) in [6, 6.07) is 10.7. The highest BCUT2D eigenvalue weighted by molar-refractivity contribution is 6.44. The SMILES string of the molecule is O=C(CN1CCN(Cc2ccc(Cl)cc2Cl)CC1)Nc1cccc(Cl)c1Cl. The van der Waals surface area contributed by atoms with Crippen molar-refractivity contribution in [2.24, 2.45) is 0 Å². The summed E-state index contributed by atoms with van der Waals surface area (Å²) in [7, 11) is 0. The number of hydrogen-bond acceptors (Lipinski definition) is 3. The molecule has 0 spiro atoms. The van der Waals surface area contributed by atoms with Crippen molar-refractivity contribution in [3.63, 3.8) is 0 Å². The number of rotatable bonds is 5. The maximum atomic E-state index is 12.3. The molecule has 144 valence electrons. The van der Waals surface area contributed by atoms with Crippen molar-refractivity contribution < 1.29 is 4.79 Å². The Kier molecular flexibility index (Phi) is 7.26. The van der Waals surface area contributed by atoms with Crippen molar-refractivity contribution in [3.8, 4) is 0 Å². The molecular weight excluding hydrogens is 428 g/mol. The summed E-state index contributed by atoms with van der Waals surface area (Å²) in [5.74, 6) is -0.103. The van der Waals surface area contributed by atoms with Gasteiger partial charge in [0.1, 0.15) is 0 Å². The van der Waals surface area contributed by atoms with Crippen LogP contribution < -0.4 is 5.32 Å². The predicted octanol–water partition coefficient (Wildman–Crippen LogP) is 5.06. The number of benzene rings is 2. The summed E-state index contributed by atoms with van der Waals surface area (Å²) in [5.41, 5.74) is 1.59. The van der Waals surface area contributed by atoms with Crippen molar-refractivity contribution in [3.05, 3.63) is 62.1 Å². The van der Waals surface area contributed by atoms with Gasteiger partial charge in [0.05, 0.1) is 22.3 Å². The van der Waals surface area contributed by atoms with Gasteiger partial charge >= 0.3 is 0 Å². The zero-order chi connectivity index (χ0) is 19.4. The maximum Gasteiger partial charge on any atom is 0.238 e. The third kappa shape index (κ3) is 5.74. The van der Waals surface area contributed by atoms with Crippen LogP contribution in [0.2, 0.25) is 20.1 Å². The van der Waals surface area contributed by atoms with Gasteiger partial charge in [-0.15, -0.1) is 0 Å². The number of anilines is 1. The number of hydrogen-bond donors (Lipinski definition) is 1. The molecule has 1 fully saturated rings. The van der Waals surface area contributed by atoms with E-state index >= 15 is 0 Å². The Morgan fingerprint density at radius 3 is 2.33 bits per heavy atom. The first-order chi connectivity index (χ1) is 12.9. The van der Waals surface area contributed by atoms with Crippen LogP contribution in [0.25, 0.3) is 0 Å². The van der Waals surface area contributed by atoms with E-state index in [1.165, 1.54) is 0 Å². The van der Waals surface area contributed by atoms with Crippen LogP contribution >= 0.6 is 46.4 Å². The van der Waals surface area contributed by atoms with Crippen molar-refractivity contribution >= 4 is 58.0 Å². The van der Waals surface area contributed by atoms with E-state index in [-0.39, 0.29) is 5.91 Å². The summed E-state index contributed by atoms with van der Waals surface area (Å²) in [5, 5.41) is 4.92. The van der Waals surface area contributed by atoms with Crippen LogP contribution in [-0.4, -0.2) is 48.4 Å². The standard InChI is InChI=1S/C19H19Cl4N3O/c20-14-5-4-13(16(22)10-14)11-25-6-8-26(9-7-25)12-18(27)24-17-3-1-2-15(21)19(17)23/h1-5,10H,6-9,11-12H2,(H,24,27). The molecule has 1 heterocycles. The van der Waals surface area contributed by atoms with Crippen LogP contribution in [0.15, 0.2) is 36.4 Å². The molecule has 3 rings (SSSR count). The highest BCUT2D eigenvalue weighted by Crippen LogP contribution is 2.29. The minimum atomic E-state index is -0.103. The Hall–Kier alpha value is -1.01. The molecule has 2 aromatic rings. The number of carbonyl (C=O) groups excluding carboxylic acids is 1. The number of carbonyl (C=O) groups is 1. The molecule has 0 unspecified atom stereocenters. The first kappa shape index (κ1) is 20.7. The van der Waals surface area contributed by atoms with Gasteiger partial charge in [-0.2, -0.15) is 0 Å². The molecule has 1 aliphatic rings. The molecule has 1 saturated heterocycles. The third-order valence-corrected chi connectivity index (χ3v) is 5.87. The van der Waals surface area contributed by atoms with Gasteiger partial charge in [-0.3, -0.25) is 14.6 Å². The normalized spacial score (nSPS) is 15.7. The molecule has 1 N–H and O–H groups in total. The quantitative estimate of drug-likeness (QED) is 0.697. The van der Waals surface area contributed by atoms with Crippen LogP contribution in [0, 0.1) is 0 Å². The average Bonchev–Trinajstić information content (AvgIpc) is 2.63. The average molecular weight is 447 g/mol. The second kappa shape index (κ2) is 9.46. The molecule has 8 heteroatoms. The van der Waals surface area contributed by atoms with Gasteiger partial charge in [0, 0.05) is 42.8 Å². The van der Waals surface area contributed by atoms with E-state index in [4.69, 9.17) is 46.4 Å². The van der Waals surface area contributed by atoms with Crippen LogP contribution in [-0.2, 0) is 11.3 Å². The lowest BCUT2D eigenvalue weighted by Crippen LogP contribution is -2.48. The van der Waals surface area contributed by atoms with Gasteiger partial charge < -0.3 is 5.32 Å². The lowest BCUT2D eigenvalue weighted by molar-refractivity contribution is -0.117. The van der Waals surface area contributed by atoms with E-state index in [0.717, 1.165) is 38.3 Å². The Morgan fingerprint density at radius 1 is 0.926 bits per heavy atom. The van der Waals surface area contributed by atoms with E-state index in [1.54, 1.807) is 24.3 Å². The van der Waals surface area contributed by atoms with Gasteiger partial charge in [0.2, 0.25) is 5.91 Å². The van der Waals surface area contributed by atoms with Crippen LogP contribution in [0.4, 0.5) is 5.69 Å².